The number of hydrogen-bond donors (Lipinski definition) is 3. The number of phenols is 3. The van der Waals surface area contributed by atoms with Crippen LogP contribution in [0.5, 0.6) is 17.2 Å². The van der Waals surface area contributed by atoms with E-state index in [9.17, 15) is 52.7 Å². The van der Waals surface area contributed by atoms with E-state index in [1.807, 2.05) is 0 Å². The molecule has 0 fully saturated rings. The van der Waals surface area contributed by atoms with Crippen LogP contribution >= 0.6 is 0 Å². The van der Waals surface area contributed by atoms with Crippen molar-refractivity contribution in [2.45, 2.75) is 36.0 Å². The summed E-state index contributed by atoms with van der Waals surface area (Å²) in [5.74, 6) is -4.84. The van der Waals surface area contributed by atoms with E-state index < -0.39 is 70.0 Å². The van der Waals surface area contributed by atoms with Gasteiger partial charge in [0.05, 0.1) is 0 Å². The van der Waals surface area contributed by atoms with E-state index in [1.165, 1.54) is 0 Å². The maximum absolute atomic E-state index is 13.6. The second-order valence-corrected chi connectivity index (χ2v) is 7.95. The lowest BCUT2D eigenvalue weighted by molar-refractivity contribution is -0.288. The van der Waals surface area contributed by atoms with Crippen molar-refractivity contribution in [3.63, 3.8) is 0 Å². The van der Waals surface area contributed by atoms with E-state index in [0.29, 0.717) is 36.4 Å². The SMILES string of the molecule is Oc1ccc(C(C(F)(F)F)C(F)(F)F)cc1.Oc1ccc(C(c2ccc(O)cc2)(C(F)(F)F)C(F)(F)F)cc1. The number of rotatable bonds is 3. The Morgan fingerprint density at radius 1 is 0.410 bits per heavy atom. The van der Waals surface area contributed by atoms with Crippen molar-refractivity contribution in [1.29, 1.82) is 0 Å². The number of hydrogen-bond acceptors (Lipinski definition) is 3. The molecule has 0 radical (unpaired) electrons. The molecule has 0 spiro atoms. The van der Waals surface area contributed by atoms with Crippen LogP contribution in [0.4, 0.5) is 52.7 Å². The van der Waals surface area contributed by atoms with Gasteiger partial charge in [-0.05, 0) is 53.1 Å². The Morgan fingerprint density at radius 3 is 0.897 bits per heavy atom. The van der Waals surface area contributed by atoms with Crippen LogP contribution in [0.3, 0.4) is 0 Å². The van der Waals surface area contributed by atoms with Crippen LogP contribution in [0.1, 0.15) is 22.6 Å². The quantitative estimate of drug-likeness (QED) is 0.275. The van der Waals surface area contributed by atoms with Gasteiger partial charge in [0.2, 0.25) is 5.41 Å². The molecule has 3 N–H and O–H groups in total. The van der Waals surface area contributed by atoms with E-state index in [4.69, 9.17) is 15.3 Å². The van der Waals surface area contributed by atoms with Crippen molar-refractivity contribution in [2.75, 3.05) is 0 Å². The molecular formula is C24H16F12O3. The zero-order valence-corrected chi connectivity index (χ0v) is 18.9. The summed E-state index contributed by atoms with van der Waals surface area (Å²) in [4.78, 5) is 0. The van der Waals surface area contributed by atoms with Gasteiger partial charge >= 0.3 is 24.7 Å². The maximum atomic E-state index is 13.6. The number of phenolic OH excluding ortho intramolecular Hbond substituents is 3. The first-order valence-corrected chi connectivity index (χ1v) is 10.3. The molecular weight excluding hydrogens is 564 g/mol. The van der Waals surface area contributed by atoms with Crippen molar-refractivity contribution < 1.29 is 68.0 Å². The molecule has 0 unspecified atom stereocenters. The van der Waals surface area contributed by atoms with Gasteiger partial charge in [0.25, 0.3) is 0 Å². The van der Waals surface area contributed by atoms with Crippen molar-refractivity contribution in [3.8, 4) is 17.2 Å². The molecule has 0 aliphatic carbocycles. The van der Waals surface area contributed by atoms with Crippen LogP contribution in [0.2, 0.25) is 0 Å². The van der Waals surface area contributed by atoms with Crippen molar-refractivity contribution in [1.82, 2.24) is 0 Å². The summed E-state index contributed by atoms with van der Waals surface area (Å²) in [5, 5.41) is 27.1. The largest absolute Gasteiger partial charge is 0.508 e. The lowest BCUT2D eigenvalue weighted by Gasteiger charge is -2.38. The zero-order valence-electron chi connectivity index (χ0n) is 18.9. The minimum atomic E-state index is -5.70. The van der Waals surface area contributed by atoms with Gasteiger partial charge in [-0.3, -0.25) is 0 Å². The molecule has 3 aromatic rings. The standard InChI is InChI=1S/C15H10F6O2.C9H6F6O/c16-14(17,18)13(15(19,20)21,9-1-5-11(22)6-2-9)10-3-7-12(23)8-4-10;10-8(11,12)7(9(13,14)15)5-1-3-6(16)4-2-5/h1-8,22-23H;1-4,7,16H. The summed E-state index contributed by atoms with van der Waals surface area (Å²) in [5.41, 5.74) is -7.39. The molecule has 0 heterocycles. The average Bonchev–Trinajstić information content (AvgIpc) is 2.75. The van der Waals surface area contributed by atoms with Gasteiger partial charge in [-0.1, -0.05) is 36.4 Å². The molecule has 3 aromatic carbocycles. The second-order valence-electron chi connectivity index (χ2n) is 7.95. The Hall–Kier alpha value is -3.78. The lowest BCUT2D eigenvalue weighted by Crippen LogP contribution is -2.54. The molecule has 0 amide bonds. The van der Waals surface area contributed by atoms with Gasteiger partial charge in [0.15, 0.2) is 5.92 Å². The maximum Gasteiger partial charge on any atom is 0.411 e. The summed E-state index contributed by atoms with van der Waals surface area (Å²) < 4.78 is 155. The predicted octanol–water partition coefficient (Wildman–Crippen LogP) is 8.11. The fourth-order valence-electron chi connectivity index (χ4n) is 3.64. The van der Waals surface area contributed by atoms with E-state index in [-0.39, 0.29) is 0 Å². The molecule has 0 aliphatic rings. The van der Waals surface area contributed by atoms with Crippen LogP contribution < -0.4 is 0 Å². The van der Waals surface area contributed by atoms with E-state index in [2.05, 4.69) is 0 Å². The summed E-state index contributed by atoms with van der Waals surface area (Å²) >= 11 is 0. The Kier molecular flexibility index (Phi) is 8.68. The predicted molar refractivity (Wildman–Crippen MR) is 112 cm³/mol. The lowest BCUT2D eigenvalue weighted by atomic mass is 9.73. The minimum absolute atomic E-state index is 0.396. The van der Waals surface area contributed by atoms with Crippen molar-refractivity contribution in [3.05, 3.63) is 89.5 Å². The first kappa shape index (κ1) is 31.4. The third-order valence-corrected chi connectivity index (χ3v) is 5.33. The molecule has 0 aromatic heterocycles. The molecule has 15 heteroatoms. The van der Waals surface area contributed by atoms with E-state index in [0.717, 1.165) is 36.4 Å². The van der Waals surface area contributed by atoms with Gasteiger partial charge < -0.3 is 15.3 Å². The van der Waals surface area contributed by atoms with Crippen molar-refractivity contribution >= 4 is 0 Å². The normalized spacial score (nSPS) is 13.2. The van der Waals surface area contributed by atoms with Crippen LogP contribution in [0, 0.1) is 0 Å². The van der Waals surface area contributed by atoms with E-state index in [1.54, 1.807) is 0 Å². The summed E-state index contributed by atoms with van der Waals surface area (Å²) in [6.45, 7) is 0. The molecule has 0 saturated heterocycles. The first-order valence-electron chi connectivity index (χ1n) is 10.3. The molecule has 39 heavy (non-hydrogen) atoms. The smallest absolute Gasteiger partial charge is 0.411 e. The summed E-state index contributed by atoms with van der Waals surface area (Å²) in [6.07, 6.45) is -22.2. The van der Waals surface area contributed by atoms with Gasteiger partial charge in [0.1, 0.15) is 17.2 Å². The molecule has 0 atom stereocenters. The molecule has 3 rings (SSSR count). The summed E-state index contributed by atoms with van der Waals surface area (Å²) in [7, 11) is 0. The Bertz CT molecular complexity index is 1130. The highest BCUT2D eigenvalue weighted by molar-refractivity contribution is 5.46. The molecule has 0 aliphatic heterocycles. The Balaban J connectivity index is 0.000000293. The number of alkyl halides is 12. The molecule has 0 saturated carbocycles. The highest BCUT2D eigenvalue weighted by Gasteiger charge is 2.72. The molecule has 0 bridgehead atoms. The average molecular weight is 580 g/mol. The number of aromatic hydroxyl groups is 3. The van der Waals surface area contributed by atoms with Gasteiger partial charge in [-0.15, -0.1) is 0 Å². The third kappa shape index (κ3) is 6.81. The van der Waals surface area contributed by atoms with Gasteiger partial charge in [-0.25, -0.2) is 0 Å². The summed E-state index contributed by atoms with van der Waals surface area (Å²) in [6, 6.07) is 8.05. The molecule has 3 nitrogen and oxygen atoms in total. The minimum Gasteiger partial charge on any atom is -0.508 e. The monoisotopic (exact) mass is 580 g/mol. The first-order chi connectivity index (χ1) is 17.6. The Morgan fingerprint density at radius 2 is 0.667 bits per heavy atom. The van der Waals surface area contributed by atoms with Gasteiger partial charge in [-0.2, -0.15) is 52.7 Å². The van der Waals surface area contributed by atoms with E-state index >= 15 is 0 Å². The highest BCUT2D eigenvalue weighted by atomic mass is 19.4. The topological polar surface area (TPSA) is 60.7 Å². The zero-order chi connectivity index (χ0) is 30.0. The van der Waals surface area contributed by atoms with Gasteiger partial charge in [0, 0.05) is 0 Å². The van der Waals surface area contributed by atoms with Crippen LogP contribution in [-0.2, 0) is 5.41 Å². The fourth-order valence-corrected chi connectivity index (χ4v) is 3.64. The van der Waals surface area contributed by atoms with Crippen molar-refractivity contribution in [2.24, 2.45) is 0 Å². The third-order valence-electron chi connectivity index (χ3n) is 5.33. The number of benzene rings is 3. The van der Waals surface area contributed by atoms with Crippen LogP contribution in [-0.4, -0.2) is 40.0 Å². The second kappa shape index (κ2) is 10.8. The molecule has 214 valence electrons. The number of halogens is 12. The van der Waals surface area contributed by atoms with Crippen LogP contribution in [0.15, 0.2) is 72.8 Å². The highest BCUT2D eigenvalue weighted by Crippen LogP contribution is 2.56. The fraction of sp³-hybridized carbons (Fsp3) is 0.250. The Labute approximate surface area is 211 Å². The van der Waals surface area contributed by atoms with Crippen LogP contribution in [0.25, 0.3) is 0 Å².